The lowest BCUT2D eigenvalue weighted by atomic mass is 10.2. The average Bonchev–Trinajstić information content (AvgIpc) is 3.43. The number of likely N-dealkylation sites (tertiary alicyclic amines) is 1. The maximum Gasteiger partial charge on any atom is 0.323 e. The number of nitrogens with one attached hydrogen (secondary N) is 2. The van der Waals surface area contributed by atoms with Crippen LogP contribution in [0, 0.1) is 6.92 Å². The van der Waals surface area contributed by atoms with Crippen LogP contribution in [0.25, 0.3) is 0 Å². The van der Waals surface area contributed by atoms with Crippen LogP contribution in [0.3, 0.4) is 0 Å². The van der Waals surface area contributed by atoms with Crippen molar-refractivity contribution >= 4 is 27.4 Å². The van der Waals surface area contributed by atoms with E-state index < -0.39 is 10.0 Å². The number of amides is 2. The summed E-state index contributed by atoms with van der Waals surface area (Å²) in [5.41, 5.74) is 2.35. The lowest BCUT2D eigenvalue weighted by Gasteiger charge is -2.28. The molecule has 166 valence electrons. The Labute approximate surface area is 184 Å². The van der Waals surface area contributed by atoms with Gasteiger partial charge < -0.3 is 15.5 Å². The second kappa shape index (κ2) is 9.38. The summed E-state index contributed by atoms with van der Waals surface area (Å²) in [7, 11) is -3.55. The topological polar surface area (TPSA) is 81.8 Å². The van der Waals surface area contributed by atoms with Crippen LogP contribution >= 0.6 is 0 Å². The highest BCUT2D eigenvalue weighted by Crippen LogP contribution is 2.28. The first-order chi connectivity index (χ1) is 14.9. The van der Waals surface area contributed by atoms with Crippen LogP contribution in [0.15, 0.2) is 53.4 Å². The number of nitrogens with zero attached hydrogens (tertiary/aromatic N) is 2. The number of urea groups is 1. The van der Waals surface area contributed by atoms with Crippen LogP contribution in [0.4, 0.5) is 16.2 Å². The van der Waals surface area contributed by atoms with Crippen LogP contribution in [0.2, 0.25) is 0 Å². The second-order valence-electron chi connectivity index (χ2n) is 8.39. The van der Waals surface area contributed by atoms with Crippen molar-refractivity contribution in [1.82, 2.24) is 9.21 Å². The maximum absolute atomic E-state index is 13.2. The molecular weight excluding hydrogens is 412 g/mol. The van der Waals surface area contributed by atoms with Gasteiger partial charge in [0.25, 0.3) is 0 Å². The molecule has 2 heterocycles. The molecule has 0 aromatic heterocycles. The largest absolute Gasteiger partial charge is 0.323 e. The number of aryl methyl sites for hydroxylation is 1. The van der Waals surface area contributed by atoms with E-state index in [4.69, 9.17) is 0 Å². The van der Waals surface area contributed by atoms with Gasteiger partial charge in [0.15, 0.2) is 0 Å². The van der Waals surface area contributed by atoms with Gasteiger partial charge in [-0.15, -0.1) is 0 Å². The number of hydrogen-bond donors (Lipinski definition) is 2. The van der Waals surface area contributed by atoms with Gasteiger partial charge in [0.05, 0.1) is 4.90 Å². The van der Waals surface area contributed by atoms with Crippen LogP contribution in [-0.2, 0) is 10.0 Å². The standard InChI is InChI=1S/C23H30N4O3S/c1-18-6-8-19(9-7-18)24-23(28)25-20-10-12-22(13-11-20)31(29,30)27-16-4-5-21(27)17-26-14-2-3-15-26/h6-13,21H,2-5,14-17H2,1H3,(H2,24,25,28)/t21-/m0/s1. The Kier molecular flexibility index (Phi) is 6.60. The average molecular weight is 443 g/mol. The van der Waals surface area contributed by atoms with E-state index in [0.717, 1.165) is 38.0 Å². The number of rotatable bonds is 6. The van der Waals surface area contributed by atoms with Crippen LogP contribution < -0.4 is 10.6 Å². The highest BCUT2D eigenvalue weighted by atomic mass is 32.2. The van der Waals surface area contributed by atoms with Gasteiger partial charge in [-0.2, -0.15) is 4.31 Å². The number of carbonyl (C=O) groups excluding carboxylic acids is 1. The van der Waals surface area contributed by atoms with Crippen LogP contribution in [0.1, 0.15) is 31.2 Å². The molecule has 2 N–H and O–H groups in total. The number of anilines is 2. The Bertz CT molecular complexity index is 1000. The lowest BCUT2D eigenvalue weighted by molar-refractivity contribution is 0.257. The predicted octanol–water partition coefficient (Wildman–Crippen LogP) is 3.89. The molecule has 4 rings (SSSR count). The summed E-state index contributed by atoms with van der Waals surface area (Å²) in [5.74, 6) is 0. The van der Waals surface area contributed by atoms with Crippen molar-refractivity contribution < 1.29 is 13.2 Å². The summed E-state index contributed by atoms with van der Waals surface area (Å²) in [6, 6.07) is 13.6. The van der Waals surface area contributed by atoms with Gasteiger partial charge in [0.2, 0.25) is 10.0 Å². The van der Waals surface area contributed by atoms with Crippen molar-refractivity contribution in [1.29, 1.82) is 0 Å². The third-order valence-electron chi connectivity index (χ3n) is 6.02. The molecule has 2 aliphatic heterocycles. The summed E-state index contributed by atoms with van der Waals surface area (Å²) in [6.45, 7) is 5.50. The zero-order chi connectivity index (χ0) is 21.8. The molecule has 2 aromatic rings. The van der Waals surface area contributed by atoms with E-state index in [1.165, 1.54) is 12.8 Å². The molecule has 2 aromatic carbocycles. The number of carbonyl (C=O) groups is 1. The SMILES string of the molecule is Cc1ccc(NC(=O)Nc2ccc(S(=O)(=O)N3CCC[C@H]3CN3CCCC3)cc2)cc1. The maximum atomic E-state index is 13.2. The molecule has 2 saturated heterocycles. The Morgan fingerprint density at radius 3 is 2.10 bits per heavy atom. The molecule has 0 radical (unpaired) electrons. The van der Waals surface area contributed by atoms with E-state index in [9.17, 15) is 13.2 Å². The fourth-order valence-corrected chi connectivity index (χ4v) is 6.03. The molecule has 8 heteroatoms. The normalized spacial score (nSPS) is 20.1. The predicted molar refractivity (Wildman–Crippen MR) is 123 cm³/mol. The summed E-state index contributed by atoms with van der Waals surface area (Å²) in [5, 5.41) is 5.51. The highest BCUT2D eigenvalue weighted by molar-refractivity contribution is 7.89. The van der Waals surface area contributed by atoms with Gasteiger partial charge in [0.1, 0.15) is 0 Å². The molecule has 2 aliphatic rings. The highest BCUT2D eigenvalue weighted by Gasteiger charge is 2.36. The fourth-order valence-electron chi connectivity index (χ4n) is 4.35. The van der Waals surface area contributed by atoms with Crippen molar-refractivity contribution in [2.24, 2.45) is 0 Å². The van der Waals surface area contributed by atoms with Crippen molar-refractivity contribution in [2.45, 2.75) is 43.5 Å². The molecule has 0 unspecified atom stereocenters. The lowest BCUT2D eigenvalue weighted by Crippen LogP contribution is -2.42. The van der Waals surface area contributed by atoms with Gasteiger partial charge in [-0.05, 0) is 82.1 Å². The molecule has 2 amide bonds. The van der Waals surface area contributed by atoms with E-state index in [1.807, 2.05) is 31.2 Å². The van der Waals surface area contributed by atoms with Gasteiger partial charge >= 0.3 is 6.03 Å². The molecule has 0 aliphatic carbocycles. The smallest absolute Gasteiger partial charge is 0.308 e. The van der Waals surface area contributed by atoms with Crippen LogP contribution in [-0.4, -0.2) is 55.9 Å². The first kappa shape index (κ1) is 21.8. The molecular formula is C23H30N4O3S. The summed E-state index contributed by atoms with van der Waals surface area (Å²) < 4.78 is 28.1. The molecule has 1 atom stereocenters. The third kappa shape index (κ3) is 5.26. The number of benzene rings is 2. The van der Waals surface area contributed by atoms with Crippen molar-refractivity contribution in [2.75, 3.05) is 36.8 Å². The zero-order valence-electron chi connectivity index (χ0n) is 17.9. The van der Waals surface area contributed by atoms with Gasteiger partial charge in [-0.1, -0.05) is 17.7 Å². The molecule has 0 saturated carbocycles. The Balaban J connectivity index is 1.39. The monoisotopic (exact) mass is 442 g/mol. The minimum absolute atomic E-state index is 0.0428. The van der Waals surface area contributed by atoms with Gasteiger partial charge in [-0.3, -0.25) is 0 Å². The van der Waals surface area contributed by atoms with E-state index in [-0.39, 0.29) is 17.0 Å². The van der Waals surface area contributed by atoms with Gasteiger partial charge in [0, 0.05) is 30.5 Å². The van der Waals surface area contributed by atoms with E-state index in [0.29, 0.717) is 17.9 Å². The van der Waals surface area contributed by atoms with E-state index >= 15 is 0 Å². The van der Waals surface area contributed by atoms with Gasteiger partial charge in [-0.25, -0.2) is 13.2 Å². The van der Waals surface area contributed by atoms with Crippen molar-refractivity contribution in [3.63, 3.8) is 0 Å². The first-order valence-corrected chi connectivity index (χ1v) is 12.3. The van der Waals surface area contributed by atoms with Crippen molar-refractivity contribution in [3.8, 4) is 0 Å². The Morgan fingerprint density at radius 1 is 0.903 bits per heavy atom. The van der Waals surface area contributed by atoms with Crippen LogP contribution in [0.5, 0.6) is 0 Å². The number of sulfonamides is 1. The molecule has 2 fully saturated rings. The fraction of sp³-hybridized carbons (Fsp3) is 0.435. The molecule has 31 heavy (non-hydrogen) atoms. The zero-order valence-corrected chi connectivity index (χ0v) is 18.7. The number of hydrogen-bond acceptors (Lipinski definition) is 4. The molecule has 0 bridgehead atoms. The third-order valence-corrected chi connectivity index (χ3v) is 7.99. The Morgan fingerprint density at radius 2 is 1.48 bits per heavy atom. The summed E-state index contributed by atoms with van der Waals surface area (Å²) in [6.07, 6.45) is 4.21. The Hall–Kier alpha value is -2.42. The van der Waals surface area contributed by atoms with E-state index in [1.54, 1.807) is 28.6 Å². The van der Waals surface area contributed by atoms with E-state index in [2.05, 4.69) is 15.5 Å². The van der Waals surface area contributed by atoms with Crippen molar-refractivity contribution in [3.05, 3.63) is 54.1 Å². The summed E-state index contributed by atoms with van der Waals surface area (Å²) >= 11 is 0. The second-order valence-corrected chi connectivity index (χ2v) is 10.3. The molecule has 0 spiro atoms. The quantitative estimate of drug-likeness (QED) is 0.711. The summed E-state index contributed by atoms with van der Waals surface area (Å²) in [4.78, 5) is 14.9. The minimum Gasteiger partial charge on any atom is -0.308 e. The first-order valence-electron chi connectivity index (χ1n) is 10.9. The minimum atomic E-state index is -3.55. The molecule has 7 nitrogen and oxygen atoms in total.